The van der Waals surface area contributed by atoms with Crippen molar-refractivity contribution in [1.82, 2.24) is 15.5 Å². The predicted molar refractivity (Wildman–Crippen MR) is 130 cm³/mol. The van der Waals surface area contributed by atoms with Gasteiger partial charge in [-0.1, -0.05) is 45.3 Å². The van der Waals surface area contributed by atoms with E-state index in [9.17, 15) is 19.2 Å². The fourth-order valence-electron chi connectivity index (χ4n) is 5.92. The number of Topliss-reactive ketones (excluding diaryl/α,β-unsaturated/α-hetero) is 1. The van der Waals surface area contributed by atoms with Crippen molar-refractivity contribution >= 4 is 23.5 Å². The van der Waals surface area contributed by atoms with Crippen molar-refractivity contribution in [2.24, 2.45) is 28.9 Å². The second-order valence-electron chi connectivity index (χ2n) is 10.6. The first-order valence-electron chi connectivity index (χ1n) is 12.5. The Morgan fingerprint density at radius 3 is 2.41 bits per heavy atom. The number of hydrogen-bond acceptors (Lipinski definition) is 5. The van der Waals surface area contributed by atoms with Gasteiger partial charge < -0.3 is 21.3 Å². The second kappa shape index (κ2) is 10.8. The molecule has 188 valence electrons. The maximum atomic E-state index is 13.5. The molecule has 2 aliphatic carbocycles. The van der Waals surface area contributed by atoms with Gasteiger partial charge in [0.1, 0.15) is 6.04 Å². The summed E-state index contributed by atoms with van der Waals surface area (Å²) in [6, 6.07) is -2.28. The van der Waals surface area contributed by atoms with Crippen LogP contribution in [0.3, 0.4) is 0 Å². The van der Waals surface area contributed by atoms with Crippen LogP contribution in [0.1, 0.15) is 58.8 Å². The summed E-state index contributed by atoms with van der Waals surface area (Å²) in [5.41, 5.74) is 6.35. The molecule has 34 heavy (non-hydrogen) atoms. The maximum Gasteiger partial charge on any atom is 0.289 e. The Morgan fingerprint density at radius 2 is 1.79 bits per heavy atom. The van der Waals surface area contributed by atoms with Crippen LogP contribution in [0.4, 0.5) is 0 Å². The minimum absolute atomic E-state index is 0.0137. The molecule has 8 nitrogen and oxygen atoms in total. The third-order valence-electron chi connectivity index (χ3n) is 8.13. The molecule has 0 aromatic rings. The standard InChI is InChI=1S/C26H40N4O4/c1-5-7-13-18(22(31)24(33)28-14-6-2)29-23(32)21-19-17(26(19,3)4)15-30(21)25(34)20(27)16-11-9-8-10-12-16/h5-6,16-21H,1-2,7-15,27H2,3-4H3,(H,28,33)(H,29,32)/t17?,18?,19?,20-,21-/m0/s1. The highest BCUT2D eigenvalue weighted by atomic mass is 16.2. The highest BCUT2D eigenvalue weighted by Gasteiger charge is 2.69. The average Bonchev–Trinajstić information content (AvgIpc) is 3.16. The number of amides is 3. The molecule has 0 spiro atoms. The Bertz CT molecular complexity index is 833. The van der Waals surface area contributed by atoms with Crippen molar-refractivity contribution in [1.29, 1.82) is 0 Å². The van der Waals surface area contributed by atoms with E-state index in [1.54, 1.807) is 11.0 Å². The first-order valence-corrected chi connectivity index (χ1v) is 12.5. The normalized spacial score (nSPS) is 27.1. The second-order valence-corrected chi connectivity index (χ2v) is 10.6. The summed E-state index contributed by atoms with van der Waals surface area (Å²) in [6.45, 7) is 12.1. The van der Waals surface area contributed by atoms with E-state index in [4.69, 9.17) is 5.73 Å². The number of ketones is 1. The summed E-state index contributed by atoms with van der Waals surface area (Å²) in [6.07, 6.45) is 9.05. The molecule has 0 bridgehead atoms. The van der Waals surface area contributed by atoms with E-state index in [0.717, 1.165) is 25.7 Å². The molecule has 3 amide bonds. The molecular weight excluding hydrogens is 432 g/mol. The van der Waals surface area contributed by atoms with Gasteiger partial charge in [0.2, 0.25) is 17.6 Å². The quantitative estimate of drug-likeness (QED) is 0.312. The van der Waals surface area contributed by atoms with Crippen LogP contribution in [0.5, 0.6) is 0 Å². The van der Waals surface area contributed by atoms with Crippen LogP contribution in [0.15, 0.2) is 25.3 Å². The van der Waals surface area contributed by atoms with E-state index < -0.39 is 29.8 Å². The molecule has 2 saturated carbocycles. The molecule has 3 unspecified atom stereocenters. The molecule has 3 fully saturated rings. The SMILES string of the molecule is C=CCCC(NC(=O)[C@@H]1C2C(CN1C(=O)[C@@H](N)C1CCCCC1)C2(C)C)C(=O)C(=O)NCC=C. The number of nitrogens with two attached hydrogens (primary N) is 1. The smallest absolute Gasteiger partial charge is 0.289 e. The molecule has 1 aliphatic heterocycles. The van der Waals surface area contributed by atoms with Gasteiger partial charge in [-0.25, -0.2) is 0 Å². The number of nitrogens with one attached hydrogen (secondary N) is 2. The molecule has 4 N–H and O–H groups in total. The van der Waals surface area contributed by atoms with Crippen LogP contribution >= 0.6 is 0 Å². The van der Waals surface area contributed by atoms with Gasteiger partial charge >= 0.3 is 0 Å². The summed E-state index contributed by atoms with van der Waals surface area (Å²) in [5, 5.41) is 5.27. The lowest BCUT2D eigenvalue weighted by Crippen LogP contribution is -2.58. The van der Waals surface area contributed by atoms with Crippen molar-refractivity contribution in [2.75, 3.05) is 13.1 Å². The number of carbonyl (C=O) groups is 4. The topological polar surface area (TPSA) is 122 Å². The van der Waals surface area contributed by atoms with Crippen LogP contribution < -0.4 is 16.4 Å². The average molecular weight is 473 g/mol. The Morgan fingerprint density at radius 1 is 1.12 bits per heavy atom. The van der Waals surface area contributed by atoms with Crippen LogP contribution in [-0.2, 0) is 19.2 Å². The third-order valence-corrected chi connectivity index (χ3v) is 8.13. The highest BCUT2D eigenvalue weighted by Crippen LogP contribution is 2.65. The number of fused-ring (bicyclic) bond motifs is 1. The van der Waals surface area contributed by atoms with E-state index in [0.29, 0.717) is 13.0 Å². The van der Waals surface area contributed by atoms with Gasteiger partial charge in [0.05, 0.1) is 12.1 Å². The zero-order valence-electron chi connectivity index (χ0n) is 20.6. The lowest BCUT2D eigenvalue weighted by Gasteiger charge is -2.35. The number of likely N-dealkylation sites (tertiary alicyclic amines) is 1. The van der Waals surface area contributed by atoms with Crippen LogP contribution in [0, 0.1) is 23.2 Å². The summed E-state index contributed by atoms with van der Waals surface area (Å²) >= 11 is 0. The molecule has 5 atom stereocenters. The molecule has 3 rings (SSSR count). The van der Waals surface area contributed by atoms with E-state index >= 15 is 0 Å². The Balaban J connectivity index is 1.75. The third kappa shape index (κ3) is 5.27. The van der Waals surface area contributed by atoms with Gasteiger partial charge in [0.25, 0.3) is 5.91 Å². The summed E-state index contributed by atoms with van der Waals surface area (Å²) < 4.78 is 0. The Kier molecular flexibility index (Phi) is 8.34. The highest BCUT2D eigenvalue weighted by molar-refractivity contribution is 6.38. The van der Waals surface area contributed by atoms with Gasteiger partial charge in [-0.2, -0.15) is 0 Å². The molecule has 0 aromatic carbocycles. The molecule has 0 radical (unpaired) electrons. The van der Waals surface area contributed by atoms with Crippen molar-refractivity contribution in [2.45, 2.75) is 76.9 Å². The molecule has 8 heteroatoms. The van der Waals surface area contributed by atoms with Gasteiger partial charge in [0.15, 0.2) is 0 Å². The molecule has 0 aromatic heterocycles. The maximum absolute atomic E-state index is 13.5. The Labute approximate surface area is 202 Å². The van der Waals surface area contributed by atoms with E-state index in [1.807, 2.05) is 0 Å². The lowest BCUT2D eigenvalue weighted by molar-refractivity contribution is -0.144. The fourth-order valence-corrected chi connectivity index (χ4v) is 5.92. The van der Waals surface area contributed by atoms with Crippen LogP contribution in [0.2, 0.25) is 0 Å². The lowest BCUT2D eigenvalue weighted by atomic mass is 9.83. The van der Waals surface area contributed by atoms with E-state index in [1.165, 1.54) is 12.5 Å². The number of carbonyl (C=O) groups excluding carboxylic acids is 4. The first-order chi connectivity index (χ1) is 16.1. The van der Waals surface area contributed by atoms with E-state index in [-0.39, 0.29) is 47.9 Å². The first kappa shape index (κ1) is 26.1. The number of piperidine rings is 1. The summed E-state index contributed by atoms with van der Waals surface area (Å²) in [5.74, 6) is -1.65. The predicted octanol–water partition coefficient (Wildman–Crippen LogP) is 1.70. The number of nitrogens with zero attached hydrogens (tertiary/aromatic N) is 1. The van der Waals surface area contributed by atoms with Gasteiger partial charge in [-0.05, 0) is 48.9 Å². The Hall–Kier alpha value is -2.48. The van der Waals surface area contributed by atoms with Crippen molar-refractivity contribution in [3.8, 4) is 0 Å². The van der Waals surface area contributed by atoms with Gasteiger partial charge in [-0.15, -0.1) is 13.2 Å². The molecule has 3 aliphatic rings. The van der Waals surface area contributed by atoms with Crippen molar-refractivity contribution in [3.05, 3.63) is 25.3 Å². The number of allylic oxidation sites excluding steroid dienone is 1. The van der Waals surface area contributed by atoms with Gasteiger partial charge in [-0.3, -0.25) is 19.2 Å². The number of rotatable bonds is 11. The van der Waals surface area contributed by atoms with Crippen LogP contribution in [0.25, 0.3) is 0 Å². The van der Waals surface area contributed by atoms with Crippen molar-refractivity contribution < 1.29 is 19.2 Å². The summed E-state index contributed by atoms with van der Waals surface area (Å²) in [7, 11) is 0. The minimum Gasteiger partial charge on any atom is -0.346 e. The minimum atomic E-state index is -0.986. The largest absolute Gasteiger partial charge is 0.346 e. The van der Waals surface area contributed by atoms with E-state index in [2.05, 4.69) is 37.6 Å². The number of hydrogen-bond donors (Lipinski definition) is 3. The molecule has 1 heterocycles. The fraction of sp³-hybridized carbons (Fsp3) is 0.692. The van der Waals surface area contributed by atoms with Crippen LogP contribution in [-0.4, -0.2) is 59.6 Å². The molecule has 1 saturated heterocycles. The zero-order valence-corrected chi connectivity index (χ0v) is 20.6. The monoisotopic (exact) mass is 472 g/mol. The zero-order chi connectivity index (χ0) is 25.0. The van der Waals surface area contributed by atoms with Gasteiger partial charge in [0, 0.05) is 13.1 Å². The van der Waals surface area contributed by atoms with Crippen molar-refractivity contribution in [3.63, 3.8) is 0 Å². The molecular formula is C26H40N4O4. The summed E-state index contributed by atoms with van der Waals surface area (Å²) in [4.78, 5) is 53.6.